The minimum atomic E-state index is -0.444. The fourth-order valence-electron chi connectivity index (χ4n) is 3.50. The second kappa shape index (κ2) is 7.01. The SMILES string of the molecule is O=c1oc2c(CN3CCOCC3)c(O)ccc2cc1-c1nc2ccccc2s1. The predicted molar refractivity (Wildman–Crippen MR) is 109 cm³/mol. The molecule has 1 aliphatic heterocycles. The van der Waals surface area contributed by atoms with Gasteiger partial charge in [-0.2, -0.15) is 0 Å². The summed E-state index contributed by atoms with van der Waals surface area (Å²) >= 11 is 1.47. The molecule has 2 aromatic carbocycles. The van der Waals surface area contributed by atoms with Crippen LogP contribution in [0, 0.1) is 0 Å². The van der Waals surface area contributed by atoms with E-state index in [1.165, 1.54) is 11.3 Å². The van der Waals surface area contributed by atoms with E-state index in [9.17, 15) is 9.90 Å². The Labute approximate surface area is 164 Å². The molecule has 1 saturated heterocycles. The van der Waals surface area contributed by atoms with Gasteiger partial charge < -0.3 is 14.3 Å². The summed E-state index contributed by atoms with van der Waals surface area (Å²) < 4.78 is 12.1. The fourth-order valence-corrected chi connectivity index (χ4v) is 4.47. The first-order valence-corrected chi connectivity index (χ1v) is 9.95. The van der Waals surface area contributed by atoms with Crippen LogP contribution in [0.4, 0.5) is 0 Å². The Hall–Kier alpha value is -2.74. The summed E-state index contributed by atoms with van der Waals surface area (Å²) in [6, 6.07) is 13.0. The molecule has 5 rings (SSSR count). The third-order valence-electron chi connectivity index (χ3n) is 4.99. The van der Waals surface area contributed by atoms with E-state index in [0.717, 1.165) is 28.7 Å². The van der Waals surface area contributed by atoms with E-state index in [-0.39, 0.29) is 5.75 Å². The molecule has 1 fully saturated rings. The van der Waals surface area contributed by atoms with E-state index in [1.807, 2.05) is 24.3 Å². The molecule has 4 aromatic rings. The average molecular weight is 394 g/mol. The van der Waals surface area contributed by atoms with Crippen LogP contribution in [0.25, 0.3) is 31.8 Å². The normalized spacial score (nSPS) is 15.4. The van der Waals surface area contributed by atoms with Crippen molar-refractivity contribution in [3.8, 4) is 16.3 Å². The Balaban J connectivity index is 1.61. The van der Waals surface area contributed by atoms with E-state index in [1.54, 1.807) is 18.2 Å². The quantitative estimate of drug-likeness (QED) is 0.535. The third kappa shape index (κ3) is 3.07. The maximum atomic E-state index is 12.8. The van der Waals surface area contributed by atoms with Crippen LogP contribution in [0.5, 0.6) is 5.75 Å². The highest BCUT2D eigenvalue weighted by atomic mass is 32.1. The molecule has 1 aliphatic rings. The lowest BCUT2D eigenvalue weighted by Gasteiger charge is -2.26. The number of hydrogen-bond acceptors (Lipinski definition) is 7. The predicted octanol–water partition coefficient (Wildman–Crippen LogP) is 3.61. The molecule has 7 heteroatoms. The monoisotopic (exact) mass is 394 g/mol. The highest BCUT2D eigenvalue weighted by Crippen LogP contribution is 2.33. The van der Waals surface area contributed by atoms with Crippen LogP contribution in [0.2, 0.25) is 0 Å². The van der Waals surface area contributed by atoms with Crippen molar-refractivity contribution < 1.29 is 14.3 Å². The van der Waals surface area contributed by atoms with Crippen molar-refractivity contribution in [1.82, 2.24) is 9.88 Å². The first-order chi connectivity index (χ1) is 13.7. The van der Waals surface area contributed by atoms with Crippen molar-refractivity contribution in [2.24, 2.45) is 0 Å². The Kier molecular flexibility index (Phi) is 4.35. The zero-order chi connectivity index (χ0) is 19.1. The minimum absolute atomic E-state index is 0.134. The summed E-state index contributed by atoms with van der Waals surface area (Å²) in [5.41, 5.74) is 1.92. The molecule has 0 aliphatic carbocycles. The van der Waals surface area contributed by atoms with Gasteiger partial charge in [-0.1, -0.05) is 12.1 Å². The van der Waals surface area contributed by atoms with E-state index in [0.29, 0.717) is 41.5 Å². The van der Waals surface area contributed by atoms with Crippen LogP contribution in [0.1, 0.15) is 5.56 Å². The van der Waals surface area contributed by atoms with E-state index in [4.69, 9.17) is 9.15 Å². The Bertz CT molecular complexity index is 1190. The van der Waals surface area contributed by atoms with Crippen molar-refractivity contribution in [1.29, 1.82) is 0 Å². The van der Waals surface area contributed by atoms with E-state index < -0.39 is 5.63 Å². The summed E-state index contributed by atoms with van der Waals surface area (Å²) in [6.07, 6.45) is 0. The van der Waals surface area contributed by atoms with Gasteiger partial charge in [0.25, 0.3) is 0 Å². The molecule has 0 spiro atoms. The molecule has 0 amide bonds. The number of morpholine rings is 1. The van der Waals surface area contributed by atoms with Crippen molar-refractivity contribution in [2.75, 3.05) is 26.3 Å². The van der Waals surface area contributed by atoms with Crippen LogP contribution in [0.3, 0.4) is 0 Å². The number of ether oxygens (including phenoxy) is 1. The first-order valence-electron chi connectivity index (χ1n) is 9.14. The number of aromatic nitrogens is 1. The molecule has 28 heavy (non-hydrogen) atoms. The zero-order valence-corrected chi connectivity index (χ0v) is 15.9. The number of nitrogens with zero attached hydrogens (tertiary/aromatic N) is 2. The van der Waals surface area contributed by atoms with Crippen molar-refractivity contribution in [2.45, 2.75) is 6.54 Å². The van der Waals surface area contributed by atoms with Gasteiger partial charge in [-0.3, -0.25) is 4.90 Å². The van der Waals surface area contributed by atoms with Crippen LogP contribution in [-0.2, 0) is 11.3 Å². The highest BCUT2D eigenvalue weighted by Gasteiger charge is 2.19. The molecular weight excluding hydrogens is 376 g/mol. The first kappa shape index (κ1) is 17.4. The molecular formula is C21H18N2O4S. The number of benzene rings is 2. The molecule has 2 aromatic heterocycles. The summed E-state index contributed by atoms with van der Waals surface area (Å²) in [6.45, 7) is 3.40. The smallest absolute Gasteiger partial charge is 0.346 e. The van der Waals surface area contributed by atoms with E-state index >= 15 is 0 Å². The van der Waals surface area contributed by atoms with Gasteiger partial charge in [0.1, 0.15) is 16.3 Å². The van der Waals surface area contributed by atoms with Gasteiger partial charge >= 0.3 is 5.63 Å². The summed E-state index contributed by atoms with van der Waals surface area (Å²) in [7, 11) is 0. The average Bonchev–Trinajstić information content (AvgIpc) is 3.15. The molecule has 1 N–H and O–H groups in total. The highest BCUT2D eigenvalue weighted by molar-refractivity contribution is 7.21. The molecule has 142 valence electrons. The molecule has 0 saturated carbocycles. The lowest BCUT2D eigenvalue weighted by Crippen LogP contribution is -2.35. The summed E-state index contributed by atoms with van der Waals surface area (Å²) in [4.78, 5) is 19.5. The fraction of sp³-hybridized carbons (Fsp3) is 0.238. The summed E-state index contributed by atoms with van der Waals surface area (Å²) in [5.74, 6) is 0.134. The van der Waals surface area contributed by atoms with Crippen LogP contribution >= 0.6 is 11.3 Å². The molecule has 0 atom stereocenters. The molecule has 0 radical (unpaired) electrons. The van der Waals surface area contributed by atoms with Crippen molar-refractivity contribution >= 4 is 32.5 Å². The van der Waals surface area contributed by atoms with Crippen molar-refractivity contribution in [3.63, 3.8) is 0 Å². The molecule has 6 nitrogen and oxygen atoms in total. The van der Waals surface area contributed by atoms with Gasteiger partial charge in [-0.05, 0) is 30.3 Å². The van der Waals surface area contributed by atoms with Crippen LogP contribution < -0.4 is 5.63 Å². The van der Waals surface area contributed by atoms with Crippen LogP contribution in [-0.4, -0.2) is 41.3 Å². The largest absolute Gasteiger partial charge is 0.507 e. The minimum Gasteiger partial charge on any atom is -0.507 e. The zero-order valence-electron chi connectivity index (χ0n) is 15.1. The Morgan fingerprint density at radius 1 is 1.14 bits per heavy atom. The molecule has 0 bridgehead atoms. The number of para-hydroxylation sites is 1. The number of phenolic OH excluding ortho intramolecular Hbond substituents is 1. The van der Waals surface area contributed by atoms with Crippen molar-refractivity contribution in [3.05, 3.63) is 58.4 Å². The number of fused-ring (bicyclic) bond motifs is 2. The molecule has 0 unspecified atom stereocenters. The third-order valence-corrected chi connectivity index (χ3v) is 6.06. The molecule has 3 heterocycles. The number of hydrogen-bond donors (Lipinski definition) is 1. The lowest BCUT2D eigenvalue weighted by atomic mass is 10.1. The maximum Gasteiger partial charge on any atom is 0.346 e. The lowest BCUT2D eigenvalue weighted by molar-refractivity contribution is 0.0339. The van der Waals surface area contributed by atoms with Gasteiger partial charge in [0, 0.05) is 25.0 Å². The second-order valence-electron chi connectivity index (χ2n) is 6.80. The topological polar surface area (TPSA) is 75.8 Å². The van der Waals surface area contributed by atoms with Gasteiger partial charge in [0.2, 0.25) is 0 Å². The number of rotatable bonds is 3. The summed E-state index contributed by atoms with van der Waals surface area (Å²) in [5, 5.41) is 11.8. The van der Waals surface area contributed by atoms with Gasteiger partial charge in [-0.15, -0.1) is 11.3 Å². The van der Waals surface area contributed by atoms with Gasteiger partial charge in [0.05, 0.1) is 34.6 Å². The number of thiazole rings is 1. The van der Waals surface area contributed by atoms with Gasteiger partial charge in [0.15, 0.2) is 0 Å². The second-order valence-corrected chi connectivity index (χ2v) is 7.84. The van der Waals surface area contributed by atoms with Gasteiger partial charge in [-0.25, -0.2) is 9.78 Å². The Morgan fingerprint density at radius 3 is 2.79 bits per heavy atom. The maximum absolute atomic E-state index is 12.8. The number of phenols is 1. The Morgan fingerprint density at radius 2 is 1.96 bits per heavy atom. The van der Waals surface area contributed by atoms with E-state index in [2.05, 4.69) is 9.88 Å². The standard InChI is InChI=1S/C21H18N2O4S/c24-17-6-5-13-11-14(20-22-16-3-1-2-4-18(16)28-20)21(25)27-19(13)15(17)12-23-7-9-26-10-8-23/h1-6,11,24H,7-10,12H2. The van der Waals surface area contributed by atoms with Crippen LogP contribution in [0.15, 0.2) is 51.7 Å². The number of aromatic hydroxyl groups is 1.